The Bertz CT molecular complexity index is 1540. The Morgan fingerprint density at radius 3 is 0.797 bits per heavy atom. The summed E-state index contributed by atoms with van der Waals surface area (Å²) >= 11 is 0. The maximum Gasteiger partial charge on any atom is 0.306 e. The lowest BCUT2D eigenvalue weighted by Gasteiger charge is -2.18. The fourth-order valence-corrected chi connectivity index (χ4v) is 9.50. The van der Waals surface area contributed by atoms with Crippen LogP contribution >= 0.6 is 0 Å². The van der Waals surface area contributed by atoms with Crippen molar-refractivity contribution in [1.82, 2.24) is 0 Å². The standard InChI is InChI=1S/C73H126O6/c1-4-7-10-13-16-19-22-25-28-30-32-34-35-36-37-39-40-42-45-48-51-54-57-60-63-66-72(75)78-69-70(68-77-71(74)65-62-59-56-53-50-47-44-27-24-21-18-15-12-9-6-3)79-73(76)67-64-61-58-55-52-49-46-43-41-38-33-31-29-26-23-20-17-14-11-8-5-2/h8,11,17-18,20-22,25-27,29-30,32-33,38,44,70H,4-7,9-10,12-16,19,23-24,28,31,34-37,39-43,45-69H2,1-3H3/b11-8-,20-17-,21-18-,25-22-,29-26-,32-30-,38-33-,44-27-. The van der Waals surface area contributed by atoms with E-state index >= 15 is 0 Å². The molecule has 1 atom stereocenters. The van der Waals surface area contributed by atoms with E-state index in [1.807, 2.05) is 0 Å². The molecule has 0 N–H and O–H groups in total. The van der Waals surface area contributed by atoms with Gasteiger partial charge in [-0.1, -0.05) is 285 Å². The van der Waals surface area contributed by atoms with Crippen molar-refractivity contribution >= 4 is 17.9 Å². The Morgan fingerprint density at radius 1 is 0.266 bits per heavy atom. The van der Waals surface area contributed by atoms with Crippen LogP contribution in [0.4, 0.5) is 0 Å². The summed E-state index contributed by atoms with van der Waals surface area (Å²) in [4.78, 5) is 38.4. The van der Waals surface area contributed by atoms with Gasteiger partial charge in [0.1, 0.15) is 13.2 Å². The molecule has 0 rings (SSSR count). The van der Waals surface area contributed by atoms with E-state index in [1.165, 1.54) is 173 Å². The molecule has 0 aliphatic heterocycles. The molecule has 0 spiro atoms. The SMILES string of the molecule is CC/C=C\C/C=C\C/C=C\C/C=C\CCCCCCCCCCC(=O)OC(COC(=O)CCCCCCC/C=C\C/C=C\CCCCC)COC(=O)CCCCCCCCCCCCCCC/C=C\C/C=C\CCCCCCC. The number of unbranched alkanes of at least 4 members (excludes halogenated alkanes) is 34. The van der Waals surface area contributed by atoms with Gasteiger partial charge in [-0.2, -0.15) is 0 Å². The highest BCUT2D eigenvalue weighted by Crippen LogP contribution is 2.16. The number of allylic oxidation sites excluding steroid dienone is 16. The predicted octanol–water partition coefficient (Wildman–Crippen LogP) is 23.2. The monoisotopic (exact) mass is 1100 g/mol. The van der Waals surface area contributed by atoms with Gasteiger partial charge in [-0.25, -0.2) is 0 Å². The highest BCUT2D eigenvalue weighted by Gasteiger charge is 2.19. The normalized spacial score (nSPS) is 12.7. The molecule has 0 aromatic heterocycles. The lowest BCUT2D eigenvalue weighted by Crippen LogP contribution is -2.30. The van der Waals surface area contributed by atoms with Crippen LogP contribution in [0.1, 0.15) is 329 Å². The highest BCUT2D eigenvalue weighted by molar-refractivity contribution is 5.71. The number of carbonyl (C=O) groups excluding carboxylic acids is 3. The minimum absolute atomic E-state index is 0.0847. The second-order valence-electron chi connectivity index (χ2n) is 22.3. The molecule has 0 fully saturated rings. The van der Waals surface area contributed by atoms with Gasteiger partial charge in [0.25, 0.3) is 0 Å². The van der Waals surface area contributed by atoms with Crippen molar-refractivity contribution in [1.29, 1.82) is 0 Å². The topological polar surface area (TPSA) is 78.9 Å². The van der Waals surface area contributed by atoms with Gasteiger partial charge < -0.3 is 14.2 Å². The molecule has 0 amide bonds. The summed E-state index contributed by atoms with van der Waals surface area (Å²) in [5, 5.41) is 0. The number of hydrogen-bond donors (Lipinski definition) is 0. The summed E-state index contributed by atoms with van der Waals surface area (Å²) < 4.78 is 17.0. The first-order valence-electron chi connectivity index (χ1n) is 33.7. The average Bonchev–Trinajstić information content (AvgIpc) is 3.45. The third-order valence-corrected chi connectivity index (χ3v) is 14.5. The highest BCUT2D eigenvalue weighted by atomic mass is 16.6. The van der Waals surface area contributed by atoms with Crippen LogP contribution in [0.2, 0.25) is 0 Å². The van der Waals surface area contributed by atoms with Crippen LogP contribution in [-0.4, -0.2) is 37.2 Å². The van der Waals surface area contributed by atoms with E-state index < -0.39 is 6.10 Å². The van der Waals surface area contributed by atoms with Gasteiger partial charge in [-0.15, -0.1) is 0 Å². The Morgan fingerprint density at radius 2 is 0.494 bits per heavy atom. The van der Waals surface area contributed by atoms with Crippen molar-refractivity contribution in [3.63, 3.8) is 0 Å². The van der Waals surface area contributed by atoms with Crippen molar-refractivity contribution in [3.8, 4) is 0 Å². The quantitative estimate of drug-likeness (QED) is 0.0261. The minimum Gasteiger partial charge on any atom is -0.462 e. The molecule has 0 aliphatic carbocycles. The molecule has 0 aromatic carbocycles. The molecule has 0 aromatic rings. The third-order valence-electron chi connectivity index (χ3n) is 14.5. The lowest BCUT2D eigenvalue weighted by atomic mass is 10.0. The van der Waals surface area contributed by atoms with Crippen molar-refractivity contribution in [3.05, 3.63) is 97.2 Å². The summed E-state index contributed by atoms with van der Waals surface area (Å²) in [7, 11) is 0. The van der Waals surface area contributed by atoms with Gasteiger partial charge in [0.2, 0.25) is 0 Å². The molecule has 0 bridgehead atoms. The zero-order chi connectivity index (χ0) is 57.1. The Balaban J connectivity index is 4.35. The van der Waals surface area contributed by atoms with Crippen LogP contribution in [0.15, 0.2) is 97.2 Å². The number of carbonyl (C=O) groups is 3. The van der Waals surface area contributed by atoms with Crippen molar-refractivity contribution < 1.29 is 28.6 Å². The van der Waals surface area contributed by atoms with Gasteiger partial charge in [0.05, 0.1) is 0 Å². The first-order valence-corrected chi connectivity index (χ1v) is 33.7. The van der Waals surface area contributed by atoms with E-state index in [0.717, 1.165) is 116 Å². The molecular formula is C73H126O6. The van der Waals surface area contributed by atoms with Crippen LogP contribution in [0.3, 0.4) is 0 Å². The van der Waals surface area contributed by atoms with Crippen molar-refractivity contribution in [2.24, 2.45) is 0 Å². The summed E-state index contributed by atoms with van der Waals surface area (Å²) in [6.07, 6.45) is 89.9. The molecule has 0 radical (unpaired) electrons. The maximum absolute atomic E-state index is 12.9. The second-order valence-corrected chi connectivity index (χ2v) is 22.3. The lowest BCUT2D eigenvalue weighted by molar-refractivity contribution is -0.167. The number of esters is 3. The predicted molar refractivity (Wildman–Crippen MR) is 344 cm³/mol. The summed E-state index contributed by atoms with van der Waals surface area (Å²) in [6.45, 7) is 6.51. The van der Waals surface area contributed by atoms with Gasteiger partial charge in [0.15, 0.2) is 6.10 Å². The Kier molecular flexibility index (Phi) is 63.7. The first-order chi connectivity index (χ1) is 39.0. The summed E-state index contributed by atoms with van der Waals surface area (Å²) in [5.41, 5.74) is 0. The Labute approximate surface area is 489 Å². The van der Waals surface area contributed by atoms with Gasteiger partial charge in [-0.05, 0) is 122 Å². The molecule has 454 valence electrons. The van der Waals surface area contributed by atoms with Crippen LogP contribution in [0.25, 0.3) is 0 Å². The maximum atomic E-state index is 12.9. The first kappa shape index (κ1) is 75.3. The molecule has 0 aliphatic rings. The van der Waals surface area contributed by atoms with E-state index in [0.29, 0.717) is 19.3 Å². The molecule has 79 heavy (non-hydrogen) atoms. The van der Waals surface area contributed by atoms with Gasteiger partial charge in [-0.3, -0.25) is 14.4 Å². The number of ether oxygens (including phenoxy) is 3. The van der Waals surface area contributed by atoms with E-state index in [9.17, 15) is 14.4 Å². The molecule has 6 nitrogen and oxygen atoms in total. The minimum atomic E-state index is -0.791. The van der Waals surface area contributed by atoms with Crippen LogP contribution in [0.5, 0.6) is 0 Å². The molecule has 6 heteroatoms. The number of hydrogen-bond acceptors (Lipinski definition) is 6. The second kappa shape index (κ2) is 66.8. The molecule has 1 unspecified atom stereocenters. The average molecular weight is 1100 g/mol. The molecule has 0 saturated carbocycles. The zero-order valence-corrected chi connectivity index (χ0v) is 52.1. The Hall–Kier alpha value is -3.67. The molecule has 0 saturated heterocycles. The number of rotatable bonds is 61. The van der Waals surface area contributed by atoms with Crippen LogP contribution in [-0.2, 0) is 28.6 Å². The van der Waals surface area contributed by atoms with E-state index in [-0.39, 0.29) is 31.1 Å². The van der Waals surface area contributed by atoms with Crippen molar-refractivity contribution in [2.75, 3.05) is 13.2 Å². The van der Waals surface area contributed by atoms with Gasteiger partial charge >= 0.3 is 17.9 Å². The molecule has 0 heterocycles. The zero-order valence-electron chi connectivity index (χ0n) is 52.1. The van der Waals surface area contributed by atoms with E-state index in [4.69, 9.17) is 14.2 Å². The largest absolute Gasteiger partial charge is 0.462 e. The van der Waals surface area contributed by atoms with Crippen molar-refractivity contribution in [2.45, 2.75) is 335 Å². The molecular weight excluding hydrogens is 973 g/mol. The van der Waals surface area contributed by atoms with E-state index in [1.54, 1.807) is 0 Å². The smallest absolute Gasteiger partial charge is 0.306 e. The van der Waals surface area contributed by atoms with Crippen LogP contribution < -0.4 is 0 Å². The van der Waals surface area contributed by atoms with E-state index in [2.05, 4.69) is 118 Å². The third kappa shape index (κ3) is 65.0. The van der Waals surface area contributed by atoms with Gasteiger partial charge in [0, 0.05) is 19.3 Å². The fraction of sp³-hybridized carbons (Fsp3) is 0.740. The summed E-state index contributed by atoms with van der Waals surface area (Å²) in [6, 6.07) is 0. The van der Waals surface area contributed by atoms with Crippen LogP contribution in [0, 0.1) is 0 Å². The summed E-state index contributed by atoms with van der Waals surface area (Å²) in [5.74, 6) is -0.895. The fourth-order valence-electron chi connectivity index (χ4n) is 9.50.